The van der Waals surface area contributed by atoms with Gasteiger partial charge in [-0.25, -0.2) is 0 Å². The van der Waals surface area contributed by atoms with Crippen LogP contribution in [0.15, 0.2) is 6.07 Å². The van der Waals surface area contributed by atoms with Crippen molar-refractivity contribution < 1.29 is 4.79 Å². The van der Waals surface area contributed by atoms with Crippen LogP contribution in [0, 0.1) is 27.7 Å². The zero-order valence-electron chi connectivity index (χ0n) is 14.0. The van der Waals surface area contributed by atoms with Gasteiger partial charge in [0.1, 0.15) is 0 Å². The lowest BCUT2D eigenvalue weighted by molar-refractivity contribution is 0.0949. The van der Waals surface area contributed by atoms with E-state index in [1.54, 1.807) is 0 Å². The van der Waals surface area contributed by atoms with Gasteiger partial charge in [-0.2, -0.15) is 0 Å². The molecule has 0 saturated carbocycles. The Morgan fingerprint density at radius 1 is 1.24 bits per heavy atom. The van der Waals surface area contributed by atoms with Gasteiger partial charge in [0, 0.05) is 18.2 Å². The summed E-state index contributed by atoms with van der Waals surface area (Å²) in [7, 11) is 2.18. The average Bonchev–Trinajstić information content (AvgIpc) is 2.83. The third-order valence-corrected chi connectivity index (χ3v) is 5.03. The second kappa shape index (κ2) is 6.61. The fourth-order valence-corrected chi connectivity index (χ4v) is 3.34. The maximum atomic E-state index is 12.5. The second-order valence-electron chi connectivity index (χ2n) is 6.46. The van der Waals surface area contributed by atoms with Gasteiger partial charge in [-0.05, 0) is 82.8 Å². The first kappa shape index (κ1) is 16.0. The summed E-state index contributed by atoms with van der Waals surface area (Å²) in [6.45, 7) is 10.2. The molecule has 1 saturated heterocycles. The van der Waals surface area contributed by atoms with Gasteiger partial charge in [0.2, 0.25) is 0 Å². The van der Waals surface area contributed by atoms with Crippen LogP contribution in [0.2, 0.25) is 0 Å². The summed E-state index contributed by atoms with van der Waals surface area (Å²) in [4.78, 5) is 14.9. The van der Waals surface area contributed by atoms with E-state index in [0.29, 0.717) is 6.04 Å². The lowest BCUT2D eigenvalue weighted by atomic mass is 9.93. The number of carbonyl (C=O) groups excluding carboxylic acids is 1. The first-order valence-electron chi connectivity index (χ1n) is 7.97. The van der Waals surface area contributed by atoms with Crippen LogP contribution in [-0.2, 0) is 0 Å². The molecule has 1 amide bonds. The molecule has 3 heteroatoms. The molecule has 21 heavy (non-hydrogen) atoms. The van der Waals surface area contributed by atoms with E-state index in [9.17, 15) is 4.79 Å². The van der Waals surface area contributed by atoms with Crippen LogP contribution in [-0.4, -0.2) is 37.0 Å². The summed E-state index contributed by atoms with van der Waals surface area (Å²) in [5.74, 6) is 0.0810. The number of aryl methyl sites for hydroxylation is 2. The lowest BCUT2D eigenvalue weighted by Gasteiger charge is -2.20. The minimum absolute atomic E-state index is 0.0810. The van der Waals surface area contributed by atoms with Crippen molar-refractivity contribution in [2.45, 2.75) is 53.0 Å². The molecule has 0 spiro atoms. The number of hydrogen-bond donors (Lipinski definition) is 1. The van der Waals surface area contributed by atoms with Gasteiger partial charge in [0.25, 0.3) is 5.91 Å². The Balaban J connectivity index is 2.01. The van der Waals surface area contributed by atoms with Gasteiger partial charge in [0.15, 0.2) is 0 Å². The van der Waals surface area contributed by atoms with Crippen molar-refractivity contribution in [3.05, 3.63) is 33.9 Å². The highest BCUT2D eigenvalue weighted by Crippen LogP contribution is 2.22. The molecule has 1 aliphatic heterocycles. The Morgan fingerprint density at radius 2 is 1.86 bits per heavy atom. The zero-order valence-corrected chi connectivity index (χ0v) is 14.0. The van der Waals surface area contributed by atoms with Gasteiger partial charge in [-0.3, -0.25) is 4.79 Å². The fourth-order valence-electron chi connectivity index (χ4n) is 3.34. The lowest BCUT2D eigenvalue weighted by Crippen LogP contribution is -2.32. The van der Waals surface area contributed by atoms with Crippen LogP contribution in [0.25, 0.3) is 0 Å². The largest absolute Gasteiger partial charge is 0.352 e. The number of carbonyl (C=O) groups is 1. The van der Waals surface area contributed by atoms with Crippen LogP contribution in [0.4, 0.5) is 0 Å². The van der Waals surface area contributed by atoms with Crippen molar-refractivity contribution in [1.82, 2.24) is 10.2 Å². The molecule has 1 aromatic carbocycles. The molecule has 3 nitrogen and oxygen atoms in total. The summed E-state index contributed by atoms with van der Waals surface area (Å²) in [5.41, 5.74) is 5.46. The minimum atomic E-state index is 0.0810. The summed E-state index contributed by atoms with van der Waals surface area (Å²) >= 11 is 0. The number of nitrogens with one attached hydrogen (secondary N) is 1. The standard InChI is InChI=1S/C18H28N2O/c1-12-11-13(2)15(4)17(14(12)3)18(21)19-9-8-16-7-6-10-20(16)5/h11,16H,6-10H2,1-5H3,(H,19,21)/t16-/m0/s1. The molecule has 1 heterocycles. The summed E-state index contributed by atoms with van der Waals surface area (Å²) in [6.07, 6.45) is 3.59. The van der Waals surface area contributed by atoms with Crippen LogP contribution in [0.5, 0.6) is 0 Å². The molecule has 116 valence electrons. The van der Waals surface area contributed by atoms with E-state index in [1.807, 2.05) is 13.8 Å². The van der Waals surface area contributed by atoms with Crippen molar-refractivity contribution in [2.75, 3.05) is 20.1 Å². The highest BCUT2D eigenvalue weighted by atomic mass is 16.1. The molecule has 0 unspecified atom stereocenters. The van der Waals surface area contributed by atoms with Crippen LogP contribution < -0.4 is 5.32 Å². The zero-order chi connectivity index (χ0) is 15.6. The van der Waals surface area contributed by atoms with Crippen molar-refractivity contribution in [1.29, 1.82) is 0 Å². The molecule has 0 bridgehead atoms. The van der Waals surface area contributed by atoms with Gasteiger partial charge in [-0.15, -0.1) is 0 Å². The van der Waals surface area contributed by atoms with Gasteiger partial charge >= 0.3 is 0 Å². The predicted molar refractivity (Wildman–Crippen MR) is 88.0 cm³/mol. The molecule has 2 rings (SSSR count). The SMILES string of the molecule is Cc1cc(C)c(C)c(C(=O)NCC[C@@H]2CCCN2C)c1C. The van der Waals surface area contributed by atoms with Crippen molar-refractivity contribution >= 4 is 5.91 Å². The third kappa shape index (κ3) is 3.46. The summed E-state index contributed by atoms with van der Waals surface area (Å²) in [5, 5.41) is 3.12. The molecule has 1 N–H and O–H groups in total. The van der Waals surface area contributed by atoms with E-state index in [4.69, 9.17) is 0 Å². The van der Waals surface area contributed by atoms with Gasteiger partial charge in [0.05, 0.1) is 0 Å². The Kier molecular flexibility index (Phi) is 5.04. The third-order valence-electron chi connectivity index (χ3n) is 5.03. The number of hydrogen-bond acceptors (Lipinski definition) is 2. The van der Waals surface area contributed by atoms with Crippen molar-refractivity contribution in [3.63, 3.8) is 0 Å². The Morgan fingerprint density at radius 3 is 2.38 bits per heavy atom. The predicted octanol–water partition coefficient (Wildman–Crippen LogP) is 3.13. The molecular formula is C18H28N2O. The molecular weight excluding hydrogens is 260 g/mol. The van der Waals surface area contributed by atoms with E-state index >= 15 is 0 Å². The Hall–Kier alpha value is -1.35. The Labute approximate surface area is 128 Å². The van der Waals surface area contributed by atoms with Crippen LogP contribution >= 0.6 is 0 Å². The van der Waals surface area contributed by atoms with E-state index in [2.05, 4.69) is 37.2 Å². The van der Waals surface area contributed by atoms with E-state index in [-0.39, 0.29) is 5.91 Å². The highest BCUT2D eigenvalue weighted by Gasteiger charge is 2.21. The second-order valence-corrected chi connectivity index (χ2v) is 6.46. The maximum absolute atomic E-state index is 12.5. The first-order valence-corrected chi connectivity index (χ1v) is 7.97. The van der Waals surface area contributed by atoms with Crippen molar-refractivity contribution in [3.8, 4) is 0 Å². The number of likely N-dealkylation sites (tertiary alicyclic amines) is 1. The minimum Gasteiger partial charge on any atom is -0.352 e. The van der Waals surface area contributed by atoms with E-state index in [0.717, 1.165) is 29.7 Å². The molecule has 1 aliphatic rings. The Bertz CT molecular complexity index is 510. The topological polar surface area (TPSA) is 32.3 Å². The highest BCUT2D eigenvalue weighted by molar-refractivity contribution is 5.97. The average molecular weight is 288 g/mol. The number of rotatable bonds is 4. The summed E-state index contributed by atoms with van der Waals surface area (Å²) < 4.78 is 0. The smallest absolute Gasteiger partial charge is 0.251 e. The monoisotopic (exact) mass is 288 g/mol. The van der Waals surface area contributed by atoms with E-state index < -0.39 is 0 Å². The quantitative estimate of drug-likeness (QED) is 0.923. The fraction of sp³-hybridized carbons (Fsp3) is 0.611. The van der Waals surface area contributed by atoms with Gasteiger partial charge in [-0.1, -0.05) is 6.07 Å². The van der Waals surface area contributed by atoms with Crippen LogP contribution in [0.1, 0.15) is 51.9 Å². The first-order chi connectivity index (χ1) is 9.91. The normalized spacial score (nSPS) is 19.0. The molecule has 1 fully saturated rings. The molecule has 1 aromatic rings. The van der Waals surface area contributed by atoms with Gasteiger partial charge < -0.3 is 10.2 Å². The van der Waals surface area contributed by atoms with Crippen molar-refractivity contribution in [2.24, 2.45) is 0 Å². The van der Waals surface area contributed by atoms with E-state index in [1.165, 1.54) is 30.5 Å². The molecule has 0 aliphatic carbocycles. The molecule has 0 radical (unpaired) electrons. The van der Waals surface area contributed by atoms with Crippen LogP contribution in [0.3, 0.4) is 0 Å². The number of amides is 1. The molecule has 1 atom stereocenters. The summed E-state index contributed by atoms with van der Waals surface area (Å²) in [6, 6.07) is 2.79. The number of benzene rings is 1. The number of nitrogens with zero attached hydrogens (tertiary/aromatic N) is 1. The molecule has 0 aromatic heterocycles. The maximum Gasteiger partial charge on any atom is 0.251 e.